The number of nitrogens with zero attached hydrogens (tertiary/aromatic N) is 1. The molecule has 104 valence electrons. The number of aromatic carboxylic acids is 1. The second-order valence-electron chi connectivity index (χ2n) is 4.58. The Morgan fingerprint density at radius 1 is 1.58 bits per heavy atom. The molecule has 1 saturated heterocycles. The Bertz CT molecular complexity index is 600. The van der Waals surface area contributed by atoms with Crippen molar-refractivity contribution in [1.82, 2.24) is 4.98 Å². The maximum absolute atomic E-state index is 11.3. The Labute approximate surface area is 110 Å². The van der Waals surface area contributed by atoms with Gasteiger partial charge in [0, 0.05) is 12.7 Å². The average molecular weight is 285 g/mol. The number of nitrogens with two attached hydrogens (primary N) is 1. The van der Waals surface area contributed by atoms with Crippen molar-refractivity contribution in [3.05, 3.63) is 17.8 Å². The molecule has 1 aliphatic rings. The molecule has 7 nitrogen and oxygen atoms in total. The fourth-order valence-corrected chi connectivity index (χ4v) is 3.94. The van der Waals surface area contributed by atoms with E-state index in [-0.39, 0.29) is 34.5 Å². The number of hydrogen-bond donors (Lipinski definition) is 3. The number of carboxylic acids is 1. The molecule has 1 aliphatic heterocycles. The lowest BCUT2D eigenvalue weighted by Crippen LogP contribution is -2.18. The fraction of sp³-hybridized carbons (Fsp3) is 0.455. The van der Waals surface area contributed by atoms with Gasteiger partial charge in [-0.25, -0.2) is 18.2 Å². The first kappa shape index (κ1) is 13.6. The second kappa shape index (κ2) is 5.04. The molecule has 2 rings (SSSR count). The number of pyridine rings is 1. The van der Waals surface area contributed by atoms with Gasteiger partial charge in [-0.1, -0.05) is 0 Å². The van der Waals surface area contributed by atoms with Crippen molar-refractivity contribution in [2.24, 2.45) is 5.92 Å². The van der Waals surface area contributed by atoms with Crippen LogP contribution in [0.15, 0.2) is 12.3 Å². The minimum atomic E-state index is -2.92. The number of nitrogen functional groups attached to an aromatic ring is 1. The van der Waals surface area contributed by atoms with Gasteiger partial charge >= 0.3 is 5.97 Å². The largest absolute Gasteiger partial charge is 0.478 e. The highest BCUT2D eigenvalue weighted by Crippen LogP contribution is 2.22. The molecule has 0 radical (unpaired) electrons. The van der Waals surface area contributed by atoms with E-state index in [1.807, 2.05) is 0 Å². The Morgan fingerprint density at radius 2 is 2.32 bits per heavy atom. The zero-order valence-corrected chi connectivity index (χ0v) is 11.0. The minimum absolute atomic E-state index is 0.0136. The standard InChI is InChI=1S/C11H15N3O4S/c12-9-8(11(15)16)1-3-13-10(9)14-5-7-2-4-19(17,18)6-7/h1,3,7H,2,4-6,12H2,(H,13,14)(H,15,16). The van der Waals surface area contributed by atoms with Crippen LogP contribution in [0.25, 0.3) is 0 Å². The van der Waals surface area contributed by atoms with Crippen molar-refractivity contribution in [1.29, 1.82) is 0 Å². The number of hydrogen-bond acceptors (Lipinski definition) is 6. The first-order valence-corrected chi connectivity index (χ1v) is 7.63. The van der Waals surface area contributed by atoms with E-state index in [0.29, 0.717) is 13.0 Å². The van der Waals surface area contributed by atoms with E-state index in [1.54, 1.807) is 0 Å². The van der Waals surface area contributed by atoms with E-state index < -0.39 is 15.8 Å². The summed E-state index contributed by atoms with van der Waals surface area (Å²) in [6, 6.07) is 1.32. The van der Waals surface area contributed by atoms with Gasteiger partial charge in [0.15, 0.2) is 9.84 Å². The molecule has 1 atom stereocenters. The van der Waals surface area contributed by atoms with Gasteiger partial charge in [-0.3, -0.25) is 0 Å². The van der Waals surface area contributed by atoms with Gasteiger partial charge in [0.2, 0.25) is 0 Å². The van der Waals surface area contributed by atoms with Crippen molar-refractivity contribution >= 4 is 27.3 Å². The number of carbonyl (C=O) groups is 1. The smallest absolute Gasteiger partial charge is 0.337 e. The minimum Gasteiger partial charge on any atom is -0.478 e. The normalized spacial score (nSPS) is 21.2. The van der Waals surface area contributed by atoms with E-state index >= 15 is 0 Å². The van der Waals surface area contributed by atoms with E-state index in [9.17, 15) is 13.2 Å². The Kier molecular flexibility index (Phi) is 3.61. The van der Waals surface area contributed by atoms with Gasteiger partial charge in [0.05, 0.1) is 22.8 Å². The Balaban J connectivity index is 2.05. The Hall–Kier alpha value is -1.83. The molecular weight excluding hydrogens is 270 g/mol. The molecule has 0 amide bonds. The topological polar surface area (TPSA) is 122 Å². The lowest BCUT2D eigenvalue weighted by molar-refractivity contribution is 0.0698. The highest BCUT2D eigenvalue weighted by atomic mass is 32.2. The summed E-state index contributed by atoms with van der Waals surface area (Å²) in [6.07, 6.45) is 1.96. The number of rotatable bonds is 4. The summed E-state index contributed by atoms with van der Waals surface area (Å²) < 4.78 is 22.6. The third-order valence-corrected chi connectivity index (χ3v) is 4.94. The molecule has 1 fully saturated rings. The van der Waals surface area contributed by atoms with Crippen LogP contribution in [0.2, 0.25) is 0 Å². The van der Waals surface area contributed by atoms with Crippen molar-refractivity contribution in [2.45, 2.75) is 6.42 Å². The molecule has 0 aliphatic carbocycles. The van der Waals surface area contributed by atoms with Crippen LogP contribution in [-0.2, 0) is 9.84 Å². The molecule has 1 aromatic rings. The van der Waals surface area contributed by atoms with E-state index in [0.717, 1.165) is 0 Å². The molecule has 8 heteroatoms. The summed E-state index contributed by atoms with van der Waals surface area (Å²) in [7, 11) is -2.92. The molecule has 19 heavy (non-hydrogen) atoms. The highest BCUT2D eigenvalue weighted by Gasteiger charge is 2.27. The van der Waals surface area contributed by atoms with Gasteiger partial charge in [-0.05, 0) is 18.4 Å². The van der Waals surface area contributed by atoms with Crippen LogP contribution >= 0.6 is 0 Å². The summed E-state index contributed by atoms with van der Waals surface area (Å²) >= 11 is 0. The van der Waals surface area contributed by atoms with Crippen LogP contribution in [0.4, 0.5) is 11.5 Å². The molecule has 0 saturated carbocycles. The first-order chi connectivity index (χ1) is 8.89. The number of carboxylic acid groups (broad SMARTS) is 1. The van der Waals surface area contributed by atoms with Crippen LogP contribution in [0.3, 0.4) is 0 Å². The summed E-state index contributed by atoms with van der Waals surface area (Å²) in [5, 5.41) is 11.8. The van der Waals surface area contributed by atoms with Gasteiger partial charge < -0.3 is 16.2 Å². The molecule has 0 bridgehead atoms. The molecule has 2 heterocycles. The SMILES string of the molecule is Nc1c(C(=O)O)ccnc1NCC1CCS(=O)(=O)C1. The van der Waals surface area contributed by atoms with Gasteiger partial charge in [-0.15, -0.1) is 0 Å². The van der Waals surface area contributed by atoms with Crippen LogP contribution in [0.1, 0.15) is 16.8 Å². The summed E-state index contributed by atoms with van der Waals surface area (Å²) in [5.41, 5.74) is 5.75. The predicted molar refractivity (Wildman–Crippen MR) is 70.9 cm³/mol. The van der Waals surface area contributed by atoms with Crippen LogP contribution in [0, 0.1) is 5.92 Å². The Morgan fingerprint density at radius 3 is 2.89 bits per heavy atom. The number of nitrogens with one attached hydrogen (secondary N) is 1. The predicted octanol–water partition coefficient (Wildman–Crippen LogP) is 0.209. The fourth-order valence-electron chi connectivity index (χ4n) is 2.07. The van der Waals surface area contributed by atoms with Crippen LogP contribution in [0.5, 0.6) is 0 Å². The number of sulfone groups is 1. The summed E-state index contributed by atoms with van der Waals surface area (Å²) in [4.78, 5) is 14.9. The van der Waals surface area contributed by atoms with E-state index in [2.05, 4.69) is 10.3 Å². The van der Waals surface area contributed by atoms with Gasteiger partial charge in [0.25, 0.3) is 0 Å². The first-order valence-electron chi connectivity index (χ1n) is 5.81. The molecular formula is C11H15N3O4S. The van der Waals surface area contributed by atoms with E-state index in [4.69, 9.17) is 10.8 Å². The number of aromatic nitrogens is 1. The zero-order valence-electron chi connectivity index (χ0n) is 10.2. The third kappa shape index (κ3) is 3.14. The van der Waals surface area contributed by atoms with E-state index in [1.165, 1.54) is 12.3 Å². The van der Waals surface area contributed by atoms with Crippen molar-refractivity contribution in [2.75, 3.05) is 29.1 Å². The van der Waals surface area contributed by atoms with Crippen molar-refractivity contribution < 1.29 is 18.3 Å². The molecule has 1 unspecified atom stereocenters. The lowest BCUT2D eigenvalue weighted by atomic mass is 10.1. The van der Waals surface area contributed by atoms with Gasteiger partial charge in [0.1, 0.15) is 5.82 Å². The van der Waals surface area contributed by atoms with Gasteiger partial charge in [-0.2, -0.15) is 0 Å². The van der Waals surface area contributed by atoms with Crippen LogP contribution < -0.4 is 11.1 Å². The highest BCUT2D eigenvalue weighted by molar-refractivity contribution is 7.91. The molecule has 0 spiro atoms. The number of anilines is 2. The van der Waals surface area contributed by atoms with Crippen molar-refractivity contribution in [3.63, 3.8) is 0 Å². The maximum Gasteiger partial charge on any atom is 0.337 e. The average Bonchev–Trinajstić information content (AvgIpc) is 2.67. The van der Waals surface area contributed by atoms with Crippen molar-refractivity contribution in [3.8, 4) is 0 Å². The second-order valence-corrected chi connectivity index (χ2v) is 6.80. The maximum atomic E-state index is 11.3. The summed E-state index contributed by atoms with van der Waals surface area (Å²) in [5.74, 6) is -0.467. The summed E-state index contributed by atoms with van der Waals surface area (Å²) in [6.45, 7) is 0.416. The zero-order chi connectivity index (χ0) is 14.0. The third-order valence-electron chi connectivity index (χ3n) is 3.11. The lowest BCUT2D eigenvalue weighted by Gasteiger charge is -2.12. The molecule has 0 aromatic carbocycles. The van der Waals surface area contributed by atoms with Crippen LogP contribution in [-0.4, -0.2) is 42.5 Å². The quantitative estimate of drug-likeness (QED) is 0.722. The molecule has 1 aromatic heterocycles. The monoisotopic (exact) mass is 285 g/mol. The molecule has 4 N–H and O–H groups in total.